The van der Waals surface area contributed by atoms with Crippen LogP contribution in [0.3, 0.4) is 0 Å². The van der Waals surface area contributed by atoms with Gasteiger partial charge in [-0.2, -0.15) is 0 Å². The van der Waals surface area contributed by atoms with Crippen molar-refractivity contribution in [1.82, 2.24) is 10.3 Å². The maximum Gasteiger partial charge on any atom is 0.319 e. The second-order valence-corrected chi connectivity index (χ2v) is 7.43. The molecule has 4 aromatic rings. The Kier molecular flexibility index (Phi) is 6.78. The van der Waals surface area contributed by atoms with E-state index >= 15 is 0 Å². The molecule has 0 saturated carbocycles. The van der Waals surface area contributed by atoms with Gasteiger partial charge in [-0.25, -0.2) is 9.78 Å². The van der Waals surface area contributed by atoms with Gasteiger partial charge in [0, 0.05) is 22.3 Å². The lowest BCUT2D eigenvalue weighted by Crippen LogP contribution is -2.27. The molecule has 162 valence electrons. The van der Waals surface area contributed by atoms with Crippen molar-refractivity contribution in [3.8, 4) is 5.75 Å². The Morgan fingerprint density at radius 2 is 1.72 bits per heavy atom. The monoisotopic (exact) mass is 448 g/mol. The average Bonchev–Trinajstić information content (AvgIpc) is 3.52. The van der Waals surface area contributed by atoms with Gasteiger partial charge in [0.15, 0.2) is 0 Å². The van der Waals surface area contributed by atoms with E-state index < -0.39 is 0 Å². The van der Waals surface area contributed by atoms with Crippen LogP contribution in [0.2, 0.25) is 0 Å². The summed E-state index contributed by atoms with van der Waals surface area (Å²) in [6.45, 7) is 0.679. The molecule has 0 saturated heterocycles. The van der Waals surface area contributed by atoms with Crippen LogP contribution in [0.1, 0.15) is 21.8 Å². The summed E-state index contributed by atoms with van der Waals surface area (Å²) in [7, 11) is 0. The Hall–Kier alpha value is -4.11. The van der Waals surface area contributed by atoms with Gasteiger partial charge >= 0.3 is 6.03 Å². The average molecular weight is 449 g/mol. The van der Waals surface area contributed by atoms with E-state index in [1.165, 1.54) is 11.3 Å². The normalized spacial score (nSPS) is 10.4. The van der Waals surface area contributed by atoms with Crippen molar-refractivity contribution < 1.29 is 18.7 Å². The van der Waals surface area contributed by atoms with E-state index in [4.69, 9.17) is 9.15 Å². The van der Waals surface area contributed by atoms with Crippen LogP contribution < -0.4 is 20.7 Å². The number of ether oxygens (including phenoxy) is 1. The minimum absolute atomic E-state index is 0.243. The Bertz CT molecular complexity index is 1140. The van der Waals surface area contributed by atoms with Crippen LogP contribution in [0.4, 0.5) is 16.2 Å². The number of benzene rings is 2. The first-order valence-electron chi connectivity index (χ1n) is 9.74. The van der Waals surface area contributed by atoms with Gasteiger partial charge in [0.25, 0.3) is 5.91 Å². The van der Waals surface area contributed by atoms with E-state index in [1.54, 1.807) is 72.4 Å². The maximum atomic E-state index is 12.5. The molecule has 0 spiro atoms. The van der Waals surface area contributed by atoms with E-state index in [9.17, 15) is 9.59 Å². The molecule has 0 atom stereocenters. The Morgan fingerprint density at radius 3 is 2.38 bits per heavy atom. The SMILES string of the molecule is O=C(NCc1ccco1)Nc1ccc(NC(=O)c2ccc(OCc3cscn3)cc2)cc1. The van der Waals surface area contributed by atoms with Crippen LogP contribution >= 0.6 is 11.3 Å². The van der Waals surface area contributed by atoms with Crippen LogP contribution in [-0.2, 0) is 13.2 Å². The topological polar surface area (TPSA) is 105 Å². The van der Waals surface area contributed by atoms with Crippen molar-refractivity contribution in [2.24, 2.45) is 0 Å². The van der Waals surface area contributed by atoms with E-state index in [-0.39, 0.29) is 11.9 Å². The zero-order chi connectivity index (χ0) is 22.2. The van der Waals surface area contributed by atoms with Crippen molar-refractivity contribution in [1.29, 1.82) is 0 Å². The molecule has 2 heterocycles. The molecular weight excluding hydrogens is 428 g/mol. The molecule has 0 aliphatic heterocycles. The lowest BCUT2D eigenvalue weighted by molar-refractivity contribution is 0.102. The molecule has 32 heavy (non-hydrogen) atoms. The third kappa shape index (κ3) is 5.96. The Morgan fingerprint density at radius 1 is 0.969 bits per heavy atom. The smallest absolute Gasteiger partial charge is 0.319 e. The third-order valence-electron chi connectivity index (χ3n) is 4.39. The van der Waals surface area contributed by atoms with Gasteiger partial charge in [-0.05, 0) is 60.7 Å². The van der Waals surface area contributed by atoms with Gasteiger partial charge < -0.3 is 25.1 Å². The Balaban J connectivity index is 1.25. The predicted octanol–water partition coefficient (Wildman–Crippen LogP) is 4.89. The zero-order valence-corrected chi connectivity index (χ0v) is 17.7. The molecule has 0 bridgehead atoms. The summed E-state index contributed by atoms with van der Waals surface area (Å²) >= 11 is 1.52. The third-order valence-corrected chi connectivity index (χ3v) is 5.03. The van der Waals surface area contributed by atoms with Crippen LogP contribution in [0.15, 0.2) is 82.2 Å². The number of furan rings is 1. The largest absolute Gasteiger partial charge is 0.487 e. The highest BCUT2D eigenvalue weighted by Crippen LogP contribution is 2.17. The maximum absolute atomic E-state index is 12.5. The lowest BCUT2D eigenvalue weighted by Gasteiger charge is -2.09. The molecule has 2 aromatic heterocycles. The minimum atomic E-state index is -0.352. The van der Waals surface area contributed by atoms with Gasteiger partial charge in [-0.3, -0.25) is 4.79 Å². The summed E-state index contributed by atoms with van der Waals surface area (Å²) in [6.07, 6.45) is 1.55. The number of anilines is 2. The summed E-state index contributed by atoms with van der Waals surface area (Å²) in [6, 6.07) is 16.9. The summed E-state index contributed by atoms with van der Waals surface area (Å²) in [4.78, 5) is 28.6. The first kappa shape index (κ1) is 21.1. The quantitative estimate of drug-likeness (QED) is 0.356. The molecule has 3 amide bonds. The molecule has 0 radical (unpaired) electrons. The van der Waals surface area contributed by atoms with Crippen LogP contribution in [-0.4, -0.2) is 16.9 Å². The zero-order valence-electron chi connectivity index (χ0n) is 16.9. The molecule has 3 N–H and O–H groups in total. The standard InChI is InChI=1S/C23H20N4O4S/c28-22(16-3-9-20(10-4-16)31-13-19-14-32-15-25-19)26-17-5-7-18(8-6-17)27-23(29)24-12-21-2-1-11-30-21/h1-11,14-15H,12-13H2,(H,26,28)(H2,24,27,29). The van der Waals surface area contributed by atoms with Crippen LogP contribution in [0, 0.1) is 0 Å². The van der Waals surface area contributed by atoms with Crippen molar-refractivity contribution in [3.05, 3.63) is 94.8 Å². The molecule has 9 heteroatoms. The van der Waals surface area contributed by atoms with Crippen LogP contribution in [0.5, 0.6) is 5.75 Å². The number of carbonyl (C=O) groups excluding carboxylic acids is 2. The first-order valence-corrected chi connectivity index (χ1v) is 10.7. The number of carbonyl (C=O) groups is 2. The number of thiazole rings is 1. The van der Waals surface area contributed by atoms with Gasteiger partial charge in [-0.1, -0.05) is 0 Å². The minimum Gasteiger partial charge on any atom is -0.487 e. The van der Waals surface area contributed by atoms with E-state index in [0.29, 0.717) is 41.6 Å². The van der Waals surface area contributed by atoms with Gasteiger partial charge in [0.1, 0.15) is 18.1 Å². The molecular formula is C23H20N4O4S. The summed E-state index contributed by atoms with van der Waals surface area (Å²) in [5, 5.41) is 10.2. The fourth-order valence-electron chi connectivity index (χ4n) is 2.76. The first-order chi connectivity index (χ1) is 15.7. The molecule has 0 unspecified atom stereocenters. The number of urea groups is 1. The van der Waals surface area contributed by atoms with E-state index in [2.05, 4.69) is 20.9 Å². The summed E-state index contributed by atoms with van der Waals surface area (Å²) in [5.74, 6) is 1.08. The second kappa shape index (κ2) is 10.3. The number of aromatic nitrogens is 1. The molecule has 8 nitrogen and oxygen atoms in total. The molecule has 0 fully saturated rings. The summed E-state index contributed by atoms with van der Waals surface area (Å²) in [5.41, 5.74) is 4.34. The fraction of sp³-hybridized carbons (Fsp3) is 0.0870. The van der Waals surface area contributed by atoms with Crippen molar-refractivity contribution >= 4 is 34.6 Å². The predicted molar refractivity (Wildman–Crippen MR) is 122 cm³/mol. The number of amides is 3. The van der Waals surface area contributed by atoms with E-state index in [1.807, 2.05) is 5.38 Å². The highest BCUT2D eigenvalue weighted by atomic mass is 32.1. The van der Waals surface area contributed by atoms with Crippen molar-refractivity contribution in [2.45, 2.75) is 13.2 Å². The summed E-state index contributed by atoms with van der Waals surface area (Å²) < 4.78 is 10.8. The van der Waals surface area contributed by atoms with Gasteiger partial charge in [0.2, 0.25) is 0 Å². The fourth-order valence-corrected chi connectivity index (χ4v) is 3.31. The molecule has 2 aromatic carbocycles. The van der Waals surface area contributed by atoms with Crippen LogP contribution in [0.25, 0.3) is 0 Å². The van der Waals surface area contributed by atoms with E-state index in [0.717, 1.165) is 5.69 Å². The Labute approximate surface area is 188 Å². The van der Waals surface area contributed by atoms with Gasteiger partial charge in [0.05, 0.1) is 24.0 Å². The number of nitrogens with zero attached hydrogens (tertiary/aromatic N) is 1. The number of hydrogen-bond donors (Lipinski definition) is 3. The van der Waals surface area contributed by atoms with Crippen molar-refractivity contribution in [3.63, 3.8) is 0 Å². The number of hydrogen-bond acceptors (Lipinski definition) is 6. The highest BCUT2D eigenvalue weighted by molar-refractivity contribution is 7.07. The number of nitrogens with one attached hydrogen (secondary N) is 3. The lowest BCUT2D eigenvalue weighted by atomic mass is 10.2. The number of rotatable bonds is 8. The second-order valence-electron chi connectivity index (χ2n) is 6.71. The highest BCUT2D eigenvalue weighted by Gasteiger charge is 2.08. The molecule has 0 aliphatic carbocycles. The van der Waals surface area contributed by atoms with Crippen molar-refractivity contribution in [2.75, 3.05) is 10.6 Å². The molecule has 4 rings (SSSR count). The molecule has 0 aliphatic rings. The van der Waals surface area contributed by atoms with Gasteiger partial charge in [-0.15, -0.1) is 11.3 Å².